The maximum atomic E-state index is 13.0. The number of hydrogen-bond acceptors (Lipinski definition) is 6. The number of benzene rings is 2. The Balaban J connectivity index is 1.39. The second-order valence-electron chi connectivity index (χ2n) is 7.56. The fourth-order valence-corrected chi connectivity index (χ4v) is 3.42. The highest BCUT2D eigenvalue weighted by Crippen LogP contribution is 2.32. The van der Waals surface area contributed by atoms with Gasteiger partial charge in [-0.25, -0.2) is 4.98 Å². The van der Waals surface area contributed by atoms with Crippen LogP contribution in [0.1, 0.15) is 28.6 Å². The topological polar surface area (TPSA) is 73.9 Å². The number of alkyl halides is 3. The number of fused-ring (bicyclic) bond motifs is 1. The Hall–Kier alpha value is -4.53. The molecule has 5 aromatic rings. The highest BCUT2D eigenvalue weighted by Gasteiger charge is 2.38. The number of para-hydroxylation sites is 1. The molecule has 0 unspecified atom stereocenters. The Morgan fingerprint density at radius 2 is 1.66 bits per heavy atom. The minimum atomic E-state index is -4.73. The zero-order valence-electron chi connectivity index (χ0n) is 18.1. The van der Waals surface area contributed by atoms with E-state index in [1.807, 2.05) is 36.4 Å². The van der Waals surface area contributed by atoms with E-state index in [0.717, 1.165) is 16.6 Å². The summed E-state index contributed by atoms with van der Waals surface area (Å²) in [6.07, 6.45) is 0.0814. The molecule has 0 aliphatic carbocycles. The van der Waals surface area contributed by atoms with E-state index in [0.29, 0.717) is 22.4 Å². The van der Waals surface area contributed by atoms with Gasteiger partial charge in [0.15, 0.2) is 0 Å². The Labute approximate surface area is 197 Å². The van der Waals surface area contributed by atoms with Crippen LogP contribution in [0.5, 0.6) is 5.75 Å². The Morgan fingerprint density at radius 3 is 2.40 bits per heavy atom. The zero-order chi connectivity index (χ0) is 24.3. The van der Waals surface area contributed by atoms with Crippen molar-refractivity contribution < 1.29 is 22.3 Å². The molecule has 174 valence electrons. The summed E-state index contributed by atoms with van der Waals surface area (Å²) >= 11 is 0. The van der Waals surface area contributed by atoms with Crippen molar-refractivity contribution in [2.24, 2.45) is 0 Å². The molecule has 0 bridgehead atoms. The summed E-state index contributed by atoms with van der Waals surface area (Å²) < 4.78 is 49.8. The predicted molar refractivity (Wildman–Crippen MR) is 123 cm³/mol. The second kappa shape index (κ2) is 9.38. The lowest BCUT2D eigenvalue weighted by Gasteiger charge is -2.09. The van der Waals surface area contributed by atoms with Gasteiger partial charge in [0.1, 0.15) is 12.4 Å². The number of ether oxygens (including phenoxy) is 1. The van der Waals surface area contributed by atoms with Gasteiger partial charge in [0.25, 0.3) is 0 Å². The normalized spacial score (nSPS) is 12.1. The van der Waals surface area contributed by atoms with Gasteiger partial charge in [-0.05, 0) is 53.6 Å². The van der Waals surface area contributed by atoms with E-state index in [1.165, 1.54) is 0 Å². The third-order valence-electron chi connectivity index (χ3n) is 5.12. The first-order valence-electron chi connectivity index (χ1n) is 10.6. The molecule has 0 aliphatic rings. The van der Waals surface area contributed by atoms with Crippen molar-refractivity contribution in [3.63, 3.8) is 0 Å². The molecule has 35 heavy (non-hydrogen) atoms. The summed E-state index contributed by atoms with van der Waals surface area (Å²) in [5.74, 6) is -1.08. The van der Waals surface area contributed by atoms with E-state index in [-0.39, 0.29) is 12.5 Å². The van der Waals surface area contributed by atoms with Crippen molar-refractivity contribution in [3.8, 4) is 5.75 Å². The molecule has 0 saturated carbocycles. The van der Waals surface area contributed by atoms with E-state index in [2.05, 4.69) is 20.2 Å². The molecule has 9 heteroatoms. The van der Waals surface area contributed by atoms with E-state index in [1.54, 1.807) is 54.9 Å². The minimum Gasteiger partial charge on any atom is -0.487 e. The first kappa shape index (κ1) is 22.3. The molecule has 0 spiro atoms. The largest absolute Gasteiger partial charge is 0.487 e. The fraction of sp³-hybridized carbons (Fsp3) is 0.0769. The van der Waals surface area contributed by atoms with Gasteiger partial charge in [0.2, 0.25) is 5.89 Å². The van der Waals surface area contributed by atoms with Crippen molar-refractivity contribution in [1.82, 2.24) is 20.2 Å². The summed E-state index contributed by atoms with van der Waals surface area (Å²) in [5.41, 5.74) is 3.28. The van der Waals surface area contributed by atoms with Crippen molar-refractivity contribution in [2.75, 3.05) is 0 Å². The van der Waals surface area contributed by atoms with Gasteiger partial charge >= 0.3 is 12.1 Å². The smallest absolute Gasteiger partial charge is 0.470 e. The second-order valence-corrected chi connectivity index (χ2v) is 7.56. The Morgan fingerprint density at radius 1 is 0.886 bits per heavy atom. The molecule has 3 aromatic heterocycles. The number of rotatable bonds is 6. The van der Waals surface area contributed by atoms with Gasteiger partial charge in [-0.2, -0.15) is 13.2 Å². The van der Waals surface area contributed by atoms with Crippen molar-refractivity contribution in [1.29, 1.82) is 0 Å². The minimum absolute atomic E-state index is 0.247. The SMILES string of the molecule is FC(F)(F)c1nnc(/C(=C/c2ccncc2)c2ccc(OCc3ccc4ccccc4n3)cc2)o1. The van der Waals surface area contributed by atoms with Gasteiger partial charge < -0.3 is 9.15 Å². The average molecular weight is 474 g/mol. The molecule has 0 N–H and O–H groups in total. The third kappa shape index (κ3) is 5.19. The predicted octanol–water partition coefficient (Wildman–Crippen LogP) is 6.20. The van der Waals surface area contributed by atoms with Crippen molar-refractivity contribution >= 4 is 22.6 Å². The van der Waals surface area contributed by atoms with Crippen LogP contribution in [0.4, 0.5) is 13.2 Å². The van der Waals surface area contributed by atoms with Gasteiger partial charge in [-0.1, -0.05) is 36.4 Å². The molecular weight excluding hydrogens is 457 g/mol. The van der Waals surface area contributed by atoms with Crippen LogP contribution in [0.2, 0.25) is 0 Å². The number of aromatic nitrogens is 4. The van der Waals surface area contributed by atoms with Crippen LogP contribution in [0.25, 0.3) is 22.6 Å². The summed E-state index contributed by atoms with van der Waals surface area (Å²) in [4.78, 5) is 8.54. The molecule has 0 saturated heterocycles. The van der Waals surface area contributed by atoms with Crippen molar-refractivity contribution in [2.45, 2.75) is 12.8 Å². The van der Waals surface area contributed by atoms with Crippen molar-refractivity contribution in [3.05, 3.63) is 114 Å². The van der Waals surface area contributed by atoms with E-state index < -0.39 is 12.1 Å². The molecular formula is C26H17F3N4O2. The highest BCUT2D eigenvalue weighted by molar-refractivity contribution is 5.88. The molecule has 0 radical (unpaired) electrons. The summed E-state index contributed by atoms with van der Waals surface area (Å²) in [6.45, 7) is 0.266. The molecule has 6 nitrogen and oxygen atoms in total. The summed E-state index contributed by atoms with van der Waals surface area (Å²) in [6, 6.07) is 22.0. The van der Waals surface area contributed by atoms with Crippen LogP contribution in [-0.4, -0.2) is 20.2 Å². The van der Waals surface area contributed by atoms with Gasteiger partial charge in [0, 0.05) is 23.4 Å². The lowest BCUT2D eigenvalue weighted by atomic mass is 10.0. The maximum Gasteiger partial charge on any atom is 0.470 e. The fourth-order valence-electron chi connectivity index (χ4n) is 3.42. The quantitative estimate of drug-likeness (QED) is 0.292. The Kier molecular flexibility index (Phi) is 5.97. The van der Waals surface area contributed by atoms with E-state index >= 15 is 0 Å². The van der Waals surface area contributed by atoms with Gasteiger partial charge in [0.05, 0.1) is 11.2 Å². The van der Waals surface area contributed by atoms with Crippen LogP contribution >= 0.6 is 0 Å². The number of pyridine rings is 2. The third-order valence-corrected chi connectivity index (χ3v) is 5.12. The number of halogens is 3. The van der Waals surface area contributed by atoms with Crippen LogP contribution in [0.3, 0.4) is 0 Å². The van der Waals surface area contributed by atoms with E-state index in [9.17, 15) is 13.2 Å². The highest BCUT2D eigenvalue weighted by atomic mass is 19.4. The van der Waals surface area contributed by atoms with Crippen LogP contribution < -0.4 is 4.74 Å². The van der Waals surface area contributed by atoms with Gasteiger partial charge in [-0.15, -0.1) is 10.2 Å². The molecule has 5 rings (SSSR count). The van der Waals surface area contributed by atoms with Crippen LogP contribution in [0.15, 0.2) is 89.6 Å². The monoisotopic (exact) mass is 474 g/mol. The maximum absolute atomic E-state index is 13.0. The first-order chi connectivity index (χ1) is 17.0. The molecule has 0 amide bonds. The van der Waals surface area contributed by atoms with Gasteiger partial charge in [-0.3, -0.25) is 4.98 Å². The zero-order valence-corrected chi connectivity index (χ0v) is 18.1. The summed E-state index contributed by atoms with van der Waals surface area (Å²) in [5, 5.41) is 7.82. The van der Waals surface area contributed by atoms with Crippen LogP contribution in [0, 0.1) is 0 Å². The molecule has 3 heterocycles. The standard InChI is InChI=1S/C26H17F3N4O2/c27-26(28,29)25-33-32-24(35-25)22(15-17-11-13-30-14-12-17)18-6-9-21(10-7-18)34-16-20-8-5-19-3-1-2-4-23(19)31-20/h1-15H,16H2/b22-15+. The average Bonchev–Trinajstić information content (AvgIpc) is 3.38. The molecule has 0 aliphatic heterocycles. The number of hydrogen-bond donors (Lipinski definition) is 0. The molecule has 0 fully saturated rings. The molecule has 2 aromatic carbocycles. The van der Waals surface area contributed by atoms with Crippen LogP contribution in [-0.2, 0) is 12.8 Å². The lowest BCUT2D eigenvalue weighted by Crippen LogP contribution is -2.04. The molecule has 0 atom stereocenters. The summed E-state index contributed by atoms with van der Waals surface area (Å²) in [7, 11) is 0. The van der Waals surface area contributed by atoms with E-state index in [4.69, 9.17) is 9.15 Å². The first-order valence-corrected chi connectivity index (χ1v) is 10.6. The number of nitrogens with zero attached hydrogens (tertiary/aromatic N) is 4. The lowest BCUT2D eigenvalue weighted by molar-refractivity contribution is -0.157. The Bertz CT molecular complexity index is 1480.